The van der Waals surface area contributed by atoms with Crippen molar-refractivity contribution in [2.24, 2.45) is 5.73 Å². The van der Waals surface area contributed by atoms with E-state index in [0.717, 1.165) is 5.69 Å². The lowest BCUT2D eigenvalue weighted by molar-refractivity contribution is 0.579. The Morgan fingerprint density at radius 1 is 1.57 bits per heavy atom. The van der Waals surface area contributed by atoms with E-state index >= 15 is 0 Å². The standard InChI is InChI=1S/C9H9N3OS/c10-5-6-4-7(12-9(14)11-6)8-2-1-3-13-8/h1-4H,5,10H2,(H,11,12,14). The summed E-state index contributed by atoms with van der Waals surface area (Å²) in [6, 6.07) is 5.46. The van der Waals surface area contributed by atoms with E-state index in [0.29, 0.717) is 22.8 Å². The second kappa shape index (κ2) is 3.73. The van der Waals surface area contributed by atoms with Crippen molar-refractivity contribution in [3.63, 3.8) is 0 Å². The van der Waals surface area contributed by atoms with E-state index in [1.807, 2.05) is 12.1 Å². The highest BCUT2D eigenvalue weighted by Crippen LogP contribution is 2.17. The van der Waals surface area contributed by atoms with Gasteiger partial charge in [0.1, 0.15) is 5.69 Å². The largest absolute Gasteiger partial charge is 0.463 e. The fourth-order valence-electron chi connectivity index (χ4n) is 1.17. The van der Waals surface area contributed by atoms with Crippen LogP contribution >= 0.6 is 12.2 Å². The Morgan fingerprint density at radius 3 is 3.07 bits per heavy atom. The van der Waals surface area contributed by atoms with Crippen LogP contribution in [0.3, 0.4) is 0 Å². The third-order valence-corrected chi connectivity index (χ3v) is 1.99. The maximum Gasteiger partial charge on any atom is 0.197 e. The SMILES string of the molecule is NCc1cc(-c2ccco2)nc(=S)[nH]1. The Balaban J connectivity index is 2.54. The molecule has 4 nitrogen and oxygen atoms in total. The molecule has 2 rings (SSSR count). The van der Waals surface area contributed by atoms with Crippen LogP contribution in [0, 0.1) is 4.77 Å². The summed E-state index contributed by atoms with van der Waals surface area (Å²) in [5.74, 6) is 0.694. The molecule has 0 fully saturated rings. The first-order chi connectivity index (χ1) is 6.79. The predicted octanol–water partition coefficient (Wildman–Crippen LogP) is 1.86. The van der Waals surface area contributed by atoms with E-state index in [1.165, 1.54) is 0 Å². The van der Waals surface area contributed by atoms with Crippen LogP contribution in [-0.2, 0) is 6.54 Å². The third-order valence-electron chi connectivity index (χ3n) is 1.79. The molecule has 0 saturated carbocycles. The highest BCUT2D eigenvalue weighted by atomic mass is 32.1. The number of H-pyrrole nitrogens is 1. The topological polar surface area (TPSA) is 67.8 Å². The van der Waals surface area contributed by atoms with Crippen molar-refractivity contribution >= 4 is 12.2 Å². The monoisotopic (exact) mass is 207 g/mol. The van der Waals surface area contributed by atoms with Gasteiger partial charge in [-0.3, -0.25) is 0 Å². The minimum absolute atomic E-state index is 0.403. The molecule has 14 heavy (non-hydrogen) atoms. The highest BCUT2D eigenvalue weighted by Gasteiger charge is 2.03. The summed E-state index contributed by atoms with van der Waals surface area (Å²) in [4.78, 5) is 7.03. The van der Waals surface area contributed by atoms with Gasteiger partial charge >= 0.3 is 0 Å². The van der Waals surface area contributed by atoms with E-state index in [2.05, 4.69) is 9.97 Å². The number of hydrogen-bond acceptors (Lipinski definition) is 4. The zero-order valence-corrected chi connectivity index (χ0v) is 8.17. The van der Waals surface area contributed by atoms with Gasteiger partial charge in [-0.25, -0.2) is 4.98 Å². The van der Waals surface area contributed by atoms with Crippen molar-refractivity contribution in [2.45, 2.75) is 6.54 Å². The van der Waals surface area contributed by atoms with Gasteiger partial charge in [0.2, 0.25) is 0 Å². The lowest BCUT2D eigenvalue weighted by Crippen LogP contribution is -2.01. The fourth-order valence-corrected chi connectivity index (χ4v) is 1.40. The number of furan rings is 1. The van der Waals surface area contributed by atoms with Crippen molar-refractivity contribution in [2.75, 3.05) is 0 Å². The van der Waals surface area contributed by atoms with Crippen LogP contribution in [0.4, 0.5) is 0 Å². The van der Waals surface area contributed by atoms with E-state index < -0.39 is 0 Å². The lowest BCUT2D eigenvalue weighted by Gasteiger charge is -1.99. The molecule has 0 radical (unpaired) electrons. The van der Waals surface area contributed by atoms with E-state index in [4.69, 9.17) is 22.4 Å². The molecule has 0 spiro atoms. The lowest BCUT2D eigenvalue weighted by atomic mass is 10.3. The van der Waals surface area contributed by atoms with E-state index in [-0.39, 0.29) is 0 Å². The molecule has 2 heterocycles. The van der Waals surface area contributed by atoms with Gasteiger partial charge in [0.05, 0.1) is 6.26 Å². The van der Waals surface area contributed by atoms with Crippen LogP contribution in [0.25, 0.3) is 11.5 Å². The molecular formula is C9H9N3OS. The van der Waals surface area contributed by atoms with Crippen LogP contribution in [0.1, 0.15) is 5.69 Å². The molecular weight excluding hydrogens is 198 g/mol. The van der Waals surface area contributed by atoms with Gasteiger partial charge in [0.25, 0.3) is 0 Å². The Morgan fingerprint density at radius 2 is 2.43 bits per heavy atom. The fraction of sp³-hybridized carbons (Fsp3) is 0.111. The number of hydrogen-bond donors (Lipinski definition) is 2. The smallest absolute Gasteiger partial charge is 0.197 e. The molecule has 0 bridgehead atoms. The van der Waals surface area contributed by atoms with Gasteiger partial charge in [0, 0.05) is 12.2 Å². The first kappa shape index (κ1) is 9.11. The summed E-state index contributed by atoms with van der Waals surface area (Å²) >= 11 is 4.96. The molecule has 3 N–H and O–H groups in total. The summed E-state index contributed by atoms with van der Waals surface area (Å²) in [7, 11) is 0. The summed E-state index contributed by atoms with van der Waals surface area (Å²) in [5.41, 5.74) is 7.06. The van der Waals surface area contributed by atoms with Crippen molar-refractivity contribution in [1.82, 2.24) is 9.97 Å². The van der Waals surface area contributed by atoms with Crippen molar-refractivity contribution in [1.29, 1.82) is 0 Å². The van der Waals surface area contributed by atoms with Crippen molar-refractivity contribution in [3.8, 4) is 11.5 Å². The molecule has 2 aromatic rings. The first-order valence-corrected chi connectivity index (χ1v) is 4.54. The second-order valence-corrected chi connectivity index (χ2v) is 3.16. The maximum absolute atomic E-state index is 5.51. The summed E-state index contributed by atoms with van der Waals surface area (Å²) in [6.07, 6.45) is 1.60. The van der Waals surface area contributed by atoms with Crippen LogP contribution in [0.5, 0.6) is 0 Å². The number of aromatic amines is 1. The van der Waals surface area contributed by atoms with Gasteiger partial charge in [-0.1, -0.05) is 0 Å². The minimum Gasteiger partial charge on any atom is -0.463 e. The third kappa shape index (κ3) is 1.73. The molecule has 2 aromatic heterocycles. The van der Waals surface area contributed by atoms with Gasteiger partial charge in [0.15, 0.2) is 10.5 Å². The average Bonchev–Trinajstić information content (AvgIpc) is 2.69. The zero-order chi connectivity index (χ0) is 9.97. The molecule has 0 unspecified atom stereocenters. The molecule has 0 aromatic carbocycles. The number of nitrogens with one attached hydrogen (secondary N) is 1. The van der Waals surface area contributed by atoms with Gasteiger partial charge in [-0.2, -0.15) is 0 Å². The molecule has 0 aliphatic heterocycles. The molecule has 0 saturated heterocycles. The van der Waals surface area contributed by atoms with Crippen molar-refractivity contribution in [3.05, 3.63) is 34.9 Å². The number of nitrogens with zero attached hydrogens (tertiary/aromatic N) is 1. The molecule has 0 aliphatic rings. The van der Waals surface area contributed by atoms with E-state index in [9.17, 15) is 0 Å². The Bertz CT molecular complexity index is 475. The van der Waals surface area contributed by atoms with Gasteiger partial charge < -0.3 is 15.1 Å². The molecule has 0 aliphatic carbocycles. The summed E-state index contributed by atoms with van der Waals surface area (Å²) in [5, 5.41) is 0. The minimum atomic E-state index is 0.403. The van der Waals surface area contributed by atoms with Crippen molar-refractivity contribution < 1.29 is 4.42 Å². The quantitative estimate of drug-likeness (QED) is 0.737. The summed E-state index contributed by atoms with van der Waals surface area (Å²) in [6.45, 7) is 0.403. The molecule has 0 atom stereocenters. The van der Waals surface area contributed by atoms with Crippen LogP contribution in [-0.4, -0.2) is 9.97 Å². The summed E-state index contributed by atoms with van der Waals surface area (Å²) < 4.78 is 5.63. The number of aromatic nitrogens is 2. The van der Waals surface area contributed by atoms with Crippen LogP contribution in [0.2, 0.25) is 0 Å². The van der Waals surface area contributed by atoms with E-state index in [1.54, 1.807) is 12.3 Å². The number of rotatable bonds is 2. The zero-order valence-electron chi connectivity index (χ0n) is 7.36. The van der Waals surface area contributed by atoms with Gasteiger partial charge in [-0.05, 0) is 30.4 Å². The number of nitrogens with two attached hydrogens (primary N) is 1. The second-order valence-electron chi connectivity index (χ2n) is 2.78. The Labute approximate surface area is 85.8 Å². The maximum atomic E-state index is 5.51. The normalized spacial score (nSPS) is 10.4. The van der Waals surface area contributed by atoms with Crippen LogP contribution in [0.15, 0.2) is 28.9 Å². The highest BCUT2D eigenvalue weighted by molar-refractivity contribution is 7.71. The Kier molecular flexibility index (Phi) is 2.43. The molecule has 72 valence electrons. The Hall–Kier alpha value is -1.46. The molecule has 5 heteroatoms. The predicted molar refractivity (Wildman–Crippen MR) is 55.0 cm³/mol. The first-order valence-electron chi connectivity index (χ1n) is 4.14. The average molecular weight is 207 g/mol. The van der Waals surface area contributed by atoms with Gasteiger partial charge in [-0.15, -0.1) is 0 Å². The molecule has 0 amide bonds. The van der Waals surface area contributed by atoms with Crippen LogP contribution < -0.4 is 5.73 Å².